The number of rotatable bonds is 2. The van der Waals surface area contributed by atoms with E-state index in [1.54, 1.807) is 26.0 Å². The summed E-state index contributed by atoms with van der Waals surface area (Å²) in [5.74, 6) is 0.769. The number of aryl methyl sites for hydroxylation is 2. The van der Waals surface area contributed by atoms with Crippen molar-refractivity contribution in [2.24, 2.45) is 0 Å². The zero-order chi connectivity index (χ0) is 11.6. The van der Waals surface area contributed by atoms with Gasteiger partial charge < -0.3 is 14.3 Å². The summed E-state index contributed by atoms with van der Waals surface area (Å²) in [7, 11) is 5.21. The zero-order valence-corrected chi connectivity index (χ0v) is 9.87. The van der Waals surface area contributed by atoms with Crippen LogP contribution in [-0.2, 0) is 6.54 Å². The maximum absolute atomic E-state index is 11.6. The lowest BCUT2D eigenvalue weighted by molar-refractivity contribution is 0.179. The molecule has 5 heteroatoms. The van der Waals surface area contributed by atoms with Crippen molar-refractivity contribution in [3.8, 4) is 0 Å². The number of carbonyl (C=O) groups excluding carboxylic acids is 1. The summed E-state index contributed by atoms with van der Waals surface area (Å²) in [6.45, 7) is 4.25. The van der Waals surface area contributed by atoms with Crippen molar-refractivity contribution in [1.29, 1.82) is 0 Å². The quantitative estimate of drug-likeness (QED) is 0.743. The van der Waals surface area contributed by atoms with Gasteiger partial charge in [0.25, 0.3) is 0 Å². The number of hydrogen-bond acceptors (Lipinski definition) is 3. The second-order valence-corrected chi connectivity index (χ2v) is 3.84. The van der Waals surface area contributed by atoms with Crippen LogP contribution in [0.25, 0.3) is 0 Å². The van der Waals surface area contributed by atoms with Crippen LogP contribution in [-0.4, -0.2) is 42.1 Å². The highest BCUT2D eigenvalue weighted by Gasteiger charge is 2.16. The maximum Gasteiger partial charge on any atom is 0.319 e. The molecular formula is C10H17N3O2. The summed E-state index contributed by atoms with van der Waals surface area (Å²) >= 11 is 0. The first kappa shape index (κ1) is 11.6. The average Bonchev–Trinajstić information content (AvgIpc) is 2.47. The van der Waals surface area contributed by atoms with Gasteiger partial charge >= 0.3 is 6.03 Å². The SMILES string of the molecule is Cc1noc(C)c1CN(C)C(=O)N(C)C. The van der Waals surface area contributed by atoms with E-state index >= 15 is 0 Å². The van der Waals surface area contributed by atoms with Crippen LogP contribution in [0.3, 0.4) is 0 Å². The predicted octanol–water partition coefficient (Wildman–Crippen LogP) is 1.40. The van der Waals surface area contributed by atoms with Crippen LogP contribution in [0.15, 0.2) is 4.52 Å². The first-order valence-electron chi connectivity index (χ1n) is 4.77. The van der Waals surface area contributed by atoms with Gasteiger partial charge in [-0.05, 0) is 13.8 Å². The molecule has 0 spiro atoms. The largest absolute Gasteiger partial charge is 0.361 e. The van der Waals surface area contributed by atoms with Gasteiger partial charge in [0.15, 0.2) is 0 Å². The van der Waals surface area contributed by atoms with Crippen LogP contribution in [0, 0.1) is 13.8 Å². The average molecular weight is 211 g/mol. The number of urea groups is 1. The van der Waals surface area contributed by atoms with Crippen LogP contribution in [0.5, 0.6) is 0 Å². The van der Waals surface area contributed by atoms with E-state index in [2.05, 4.69) is 5.16 Å². The van der Waals surface area contributed by atoms with Crippen molar-refractivity contribution in [2.45, 2.75) is 20.4 Å². The lowest BCUT2D eigenvalue weighted by Crippen LogP contribution is -2.36. The Hall–Kier alpha value is -1.52. The molecule has 1 aromatic heterocycles. The fourth-order valence-electron chi connectivity index (χ4n) is 1.37. The molecule has 0 aliphatic carbocycles. The highest BCUT2D eigenvalue weighted by Crippen LogP contribution is 2.14. The van der Waals surface area contributed by atoms with Crippen LogP contribution in [0.4, 0.5) is 4.79 Å². The van der Waals surface area contributed by atoms with Crippen molar-refractivity contribution in [2.75, 3.05) is 21.1 Å². The third-order valence-corrected chi connectivity index (χ3v) is 2.29. The minimum absolute atomic E-state index is 0.0324. The van der Waals surface area contributed by atoms with Crippen LogP contribution in [0.2, 0.25) is 0 Å². The number of nitrogens with zero attached hydrogens (tertiary/aromatic N) is 3. The monoisotopic (exact) mass is 211 g/mol. The molecule has 0 atom stereocenters. The molecule has 0 fully saturated rings. The predicted molar refractivity (Wildman–Crippen MR) is 56.5 cm³/mol. The summed E-state index contributed by atoms with van der Waals surface area (Å²) in [5, 5.41) is 3.85. The van der Waals surface area contributed by atoms with E-state index < -0.39 is 0 Å². The Kier molecular flexibility index (Phi) is 3.34. The standard InChI is InChI=1S/C10H17N3O2/c1-7-9(8(2)15-11-7)6-13(5)10(14)12(3)4/h6H2,1-5H3. The van der Waals surface area contributed by atoms with E-state index in [-0.39, 0.29) is 6.03 Å². The Morgan fingerprint density at radius 2 is 1.93 bits per heavy atom. The van der Waals surface area contributed by atoms with E-state index in [0.29, 0.717) is 6.54 Å². The Morgan fingerprint density at radius 3 is 2.33 bits per heavy atom. The molecule has 0 bridgehead atoms. The molecule has 0 N–H and O–H groups in total. The van der Waals surface area contributed by atoms with Gasteiger partial charge in [0.05, 0.1) is 12.2 Å². The molecule has 15 heavy (non-hydrogen) atoms. The minimum atomic E-state index is -0.0324. The second-order valence-electron chi connectivity index (χ2n) is 3.84. The Bertz CT molecular complexity index is 338. The first-order chi connectivity index (χ1) is 6.93. The van der Waals surface area contributed by atoms with Crippen molar-refractivity contribution in [3.63, 3.8) is 0 Å². The van der Waals surface area contributed by atoms with Gasteiger partial charge in [0, 0.05) is 26.7 Å². The topological polar surface area (TPSA) is 49.6 Å². The normalized spacial score (nSPS) is 10.2. The van der Waals surface area contributed by atoms with Crippen molar-refractivity contribution >= 4 is 6.03 Å². The lowest BCUT2D eigenvalue weighted by Gasteiger charge is -2.21. The van der Waals surface area contributed by atoms with Gasteiger partial charge in [0.2, 0.25) is 0 Å². The second kappa shape index (κ2) is 4.33. The molecule has 1 aromatic rings. The molecule has 0 aliphatic rings. The number of aromatic nitrogens is 1. The molecule has 1 heterocycles. The van der Waals surface area contributed by atoms with Gasteiger partial charge in [-0.15, -0.1) is 0 Å². The molecule has 2 amide bonds. The minimum Gasteiger partial charge on any atom is -0.361 e. The lowest BCUT2D eigenvalue weighted by atomic mass is 10.2. The van der Waals surface area contributed by atoms with Gasteiger partial charge in [-0.2, -0.15) is 0 Å². The molecule has 0 radical (unpaired) electrons. The van der Waals surface area contributed by atoms with E-state index in [9.17, 15) is 4.79 Å². The van der Waals surface area contributed by atoms with Gasteiger partial charge in [-0.25, -0.2) is 4.79 Å². The summed E-state index contributed by atoms with van der Waals surface area (Å²) in [5.41, 5.74) is 1.82. The molecule has 5 nitrogen and oxygen atoms in total. The third kappa shape index (κ3) is 2.49. The van der Waals surface area contributed by atoms with Crippen LogP contribution < -0.4 is 0 Å². The van der Waals surface area contributed by atoms with Crippen molar-refractivity contribution in [3.05, 3.63) is 17.0 Å². The van der Waals surface area contributed by atoms with Gasteiger partial charge in [-0.1, -0.05) is 5.16 Å². The molecule has 0 aliphatic heterocycles. The fraction of sp³-hybridized carbons (Fsp3) is 0.600. The molecule has 0 saturated carbocycles. The Morgan fingerprint density at radius 1 is 1.33 bits per heavy atom. The van der Waals surface area contributed by atoms with E-state index in [4.69, 9.17) is 4.52 Å². The molecule has 1 rings (SSSR count). The summed E-state index contributed by atoms with van der Waals surface area (Å²) < 4.78 is 5.03. The smallest absolute Gasteiger partial charge is 0.319 e. The number of hydrogen-bond donors (Lipinski definition) is 0. The summed E-state index contributed by atoms with van der Waals surface area (Å²) in [6.07, 6.45) is 0. The molecule has 0 aromatic carbocycles. The maximum atomic E-state index is 11.6. The molecule has 0 unspecified atom stereocenters. The summed E-state index contributed by atoms with van der Waals surface area (Å²) in [4.78, 5) is 14.8. The fourth-order valence-corrected chi connectivity index (χ4v) is 1.37. The summed E-state index contributed by atoms with van der Waals surface area (Å²) in [6, 6.07) is -0.0324. The highest BCUT2D eigenvalue weighted by molar-refractivity contribution is 5.73. The molecular weight excluding hydrogens is 194 g/mol. The molecule has 84 valence electrons. The number of carbonyl (C=O) groups is 1. The van der Waals surface area contributed by atoms with Crippen LogP contribution in [0.1, 0.15) is 17.0 Å². The Balaban J connectivity index is 2.74. The van der Waals surface area contributed by atoms with Crippen molar-refractivity contribution in [1.82, 2.24) is 15.0 Å². The Labute approximate surface area is 89.6 Å². The first-order valence-corrected chi connectivity index (χ1v) is 4.77. The number of amides is 2. The zero-order valence-electron chi connectivity index (χ0n) is 9.87. The van der Waals surface area contributed by atoms with Crippen LogP contribution >= 0.6 is 0 Å². The van der Waals surface area contributed by atoms with Gasteiger partial charge in [0.1, 0.15) is 5.76 Å². The van der Waals surface area contributed by atoms with E-state index in [1.165, 1.54) is 4.90 Å². The van der Waals surface area contributed by atoms with Crippen molar-refractivity contribution < 1.29 is 9.32 Å². The van der Waals surface area contributed by atoms with E-state index in [0.717, 1.165) is 17.0 Å². The third-order valence-electron chi connectivity index (χ3n) is 2.29. The van der Waals surface area contributed by atoms with E-state index in [1.807, 2.05) is 13.8 Å². The highest BCUT2D eigenvalue weighted by atomic mass is 16.5. The molecule has 0 saturated heterocycles. The van der Waals surface area contributed by atoms with Gasteiger partial charge in [-0.3, -0.25) is 0 Å².